The normalized spacial score (nSPS) is 13.5. The minimum Gasteiger partial charge on any atom is -0.283 e. The first-order valence-electron chi connectivity index (χ1n) is 6.71. The van der Waals surface area contributed by atoms with Crippen molar-refractivity contribution in [3.63, 3.8) is 0 Å². The predicted octanol–water partition coefficient (Wildman–Crippen LogP) is 3.81. The van der Waals surface area contributed by atoms with Gasteiger partial charge in [-0.1, -0.05) is 41.0 Å². The number of hydrogen-bond donors (Lipinski definition) is 0. The van der Waals surface area contributed by atoms with Gasteiger partial charge in [-0.05, 0) is 37.7 Å². The lowest BCUT2D eigenvalue weighted by Gasteiger charge is -2.14. The van der Waals surface area contributed by atoms with Gasteiger partial charge in [-0.25, -0.2) is 4.98 Å². The van der Waals surface area contributed by atoms with E-state index < -0.39 is 0 Å². The summed E-state index contributed by atoms with van der Waals surface area (Å²) >= 11 is 13.9. The molecule has 0 N–H and O–H groups in total. The molecule has 2 aromatic rings. The van der Waals surface area contributed by atoms with Crippen LogP contribution in [0.15, 0.2) is 28.2 Å². The molecule has 0 unspecified atom stereocenters. The lowest BCUT2D eigenvalue weighted by Crippen LogP contribution is -2.27. The Kier molecular flexibility index (Phi) is 4.29. The van der Waals surface area contributed by atoms with E-state index in [0.717, 1.165) is 41.2 Å². The summed E-state index contributed by atoms with van der Waals surface area (Å²) in [6, 6.07) is 5.37. The maximum absolute atomic E-state index is 12.7. The van der Waals surface area contributed by atoms with E-state index in [1.807, 2.05) is 6.26 Å². The standard InChI is InChI=1S/C15H14Cl2N2OS/c1-21-15-18-13-7-2-4-9(13)14(20)19(15)8-10-11(16)5-3-6-12(10)17/h3,5-6H,2,4,7-8H2,1H3. The van der Waals surface area contributed by atoms with Crippen molar-refractivity contribution in [2.75, 3.05) is 6.26 Å². The quantitative estimate of drug-likeness (QED) is 0.629. The average Bonchev–Trinajstić information content (AvgIpc) is 2.93. The third-order valence-electron chi connectivity index (χ3n) is 3.71. The van der Waals surface area contributed by atoms with Gasteiger partial charge in [-0.15, -0.1) is 0 Å². The summed E-state index contributed by atoms with van der Waals surface area (Å²) in [7, 11) is 0. The Hall–Kier alpha value is -0.970. The number of benzene rings is 1. The Morgan fingerprint density at radius 3 is 2.67 bits per heavy atom. The summed E-state index contributed by atoms with van der Waals surface area (Å²) in [5.41, 5.74) is 2.60. The monoisotopic (exact) mass is 340 g/mol. The van der Waals surface area contributed by atoms with Crippen LogP contribution >= 0.6 is 35.0 Å². The highest BCUT2D eigenvalue weighted by molar-refractivity contribution is 7.98. The molecule has 1 heterocycles. The van der Waals surface area contributed by atoms with E-state index in [4.69, 9.17) is 23.2 Å². The van der Waals surface area contributed by atoms with E-state index in [-0.39, 0.29) is 5.56 Å². The van der Waals surface area contributed by atoms with E-state index >= 15 is 0 Å². The zero-order chi connectivity index (χ0) is 15.0. The molecule has 110 valence electrons. The number of aromatic nitrogens is 2. The van der Waals surface area contributed by atoms with Crippen LogP contribution in [-0.4, -0.2) is 15.8 Å². The molecule has 0 amide bonds. The smallest absolute Gasteiger partial charge is 0.257 e. The number of aryl methyl sites for hydroxylation is 1. The molecule has 0 saturated heterocycles. The Morgan fingerprint density at radius 2 is 2.00 bits per heavy atom. The van der Waals surface area contributed by atoms with Gasteiger partial charge in [0.2, 0.25) is 0 Å². The Labute approximate surface area is 137 Å². The van der Waals surface area contributed by atoms with Crippen LogP contribution in [0.2, 0.25) is 10.0 Å². The Morgan fingerprint density at radius 1 is 1.29 bits per heavy atom. The maximum atomic E-state index is 12.7. The first-order chi connectivity index (χ1) is 10.1. The van der Waals surface area contributed by atoms with Gasteiger partial charge < -0.3 is 0 Å². The Balaban J connectivity index is 2.13. The van der Waals surface area contributed by atoms with Gasteiger partial charge in [0.05, 0.1) is 12.2 Å². The summed E-state index contributed by atoms with van der Waals surface area (Å²) in [5, 5.41) is 1.86. The molecule has 0 bridgehead atoms. The summed E-state index contributed by atoms with van der Waals surface area (Å²) in [4.78, 5) is 17.3. The van der Waals surface area contributed by atoms with Crippen LogP contribution < -0.4 is 5.56 Å². The van der Waals surface area contributed by atoms with E-state index in [2.05, 4.69) is 4.98 Å². The van der Waals surface area contributed by atoms with Crippen molar-refractivity contribution in [1.82, 2.24) is 9.55 Å². The molecule has 1 aliphatic carbocycles. The van der Waals surface area contributed by atoms with Crippen molar-refractivity contribution in [2.45, 2.75) is 31.0 Å². The molecule has 21 heavy (non-hydrogen) atoms. The molecule has 1 aliphatic rings. The fraction of sp³-hybridized carbons (Fsp3) is 0.333. The van der Waals surface area contributed by atoms with Crippen molar-refractivity contribution in [3.8, 4) is 0 Å². The molecular formula is C15H14Cl2N2OS. The van der Waals surface area contributed by atoms with E-state index in [1.165, 1.54) is 11.8 Å². The molecule has 3 rings (SSSR count). The fourth-order valence-corrected chi connectivity index (χ4v) is 3.73. The van der Waals surface area contributed by atoms with Crippen LogP contribution in [0.3, 0.4) is 0 Å². The molecule has 0 saturated carbocycles. The van der Waals surface area contributed by atoms with E-state index in [1.54, 1.807) is 22.8 Å². The topological polar surface area (TPSA) is 34.9 Å². The summed E-state index contributed by atoms with van der Waals surface area (Å²) in [5.74, 6) is 0. The summed E-state index contributed by atoms with van der Waals surface area (Å²) < 4.78 is 1.68. The second-order valence-corrected chi connectivity index (χ2v) is 6.56. The molecule has 0 aliphatic heterocycles. The zero-order valence-corrected chi connectivity index (χ0v) is 13.9. The molecule has 3 nitrogen and oxygen atoms in total. The number of fused-ring (bicyclic) bond motifs is 1. The van der Waals surface area contributed by atoms with E-state index in [9.17, 15) is 4.79 Å². The lowest BCUT2D eigenvalue weighted by atomic mass is 10.2. The van der Waals surface area contributed by atoms with E-state index in [0.29, 0.717) is 16.6 Å². The number of thioether (sulfide) groups is 1. The molecule has 6 heteroatoms. The van der Waals surface area contributed by atoms with Crippen molar-refractivity contribution < 1.29 is 0 Å². The fourth-order valence-electron chi connectivity index (χ4n) is 2.64. The summed E-state index contributed by atoms with van der Waals surface area (Å²) in [6.45, 7) is 0.355. The summed E-state index contributed by atoms with van der Waals surface area (Å²) in [6.07, 6.45) is 4.63. The van der Waals surface area contributed by atoms with Crippen LogP contribution in [0.25, 0.3) is 0 Å². The van der Waals surface area contributed by atoms with Crippen LogP contribution in [-0.2, 0) is 19.4 Å². The number of halogens is 2. The Bertz CT molecular complexity index is 738. The first-order valence-corrected chi connectivity index (χ1v) is 8.69. The van der Waals surface area contributed by atoms with Gasteiger partial charge in [-0.3, -0.25) is 9.36 Å². The van der Waals surface area contributed by atoms with Gasteiger partial charge in [0.15, 0.2) is 5.16 Å². The SMILES string of the molecule is CSc1nc2c(c(=O)n1Cc1c(Cl)cccc1Cl)CCC2. The van der Waals surface area contributed by atoms with Gasteiger partial charge in [-0.2, -0.15) is 0 Å². The highest BCUT2D eigenvalue weighted by Gasteiger charge is 2.21. The highest BCUT2D eigenvalue weighted by atomic mass is 35.5. The minimum atomic E-state index is 0.0397. The third kappa shape index (κ3) is 2.72. The zero-order valence-electron chi connectivity index (χ0n) is 11.5. The second kappa shape index (κ2) is 6.03. The highest BCUT2D eigenvalue weighted by Crippen LogP contribution is 2.27. The molecule has 1 aromatic heterocycles. The molecule has 0 radical (unpaired) electrons. The van der Waals surface area contributed by atoms with Gasteiger partial charge in [0.1, 0.15) is 0 Å². The predicted molar refractivity (Wildman–Crippen MR) is 87.9 cm³/mol. The van der Waals surface area contributed by atoms with Crippen LogP contribution in [0.5, 0.6) is 0 Å². The van der Waals surface area contributed by atoms with Gasteiger partial charge in [0.25, 0.3) is 5.56 Å². The molecule has 0 fully saturated rings. The molecular weight excluding hydrogens is 327 g/mol. The minimum absolute atomic E-state index is 0.0397. The number of rotatable bonds is 3. The first kappa shape index (κ1) is 14.9. The second-order valence-electron chi connectivity index (χ2n) is 4.97. The maximum Gasteiger partial charge on any atom is 0.257 e. The van der Waals surface area contributed by atoms with Crippen molar-refractivity contribution in [3.05, 3.63) is 55.4 Å². The third-order valence-corrected chi connectivity index (χ3v) is 5.10. The van der Waals surface area contributed by atoms with Crippen LogP contribution in [0, 0.1) is 0 Å². The number of nitrogens with zero attached hydrogens (tertiary/aromatic N) is 2. The van der Waals surface area contributed by atoms with Gasteiger partial charge in [0, 0.05) is 21.2 Å². The van der Waals surface area contributed by atoms with Gasteiger partial charge >= 0.3 is 0 Å². The molecule has 0 atom stereocenters. The molecule has 0 spiro atoms. The number of hydrogen-bond acceptors (Lipinski definition) is 3. The van der Waals surface area contributed by atoms with Crippen LogP contribution in [0.1, 0.15) is 23.2 Å². The van der Waals surface area contributed by atoms with Crippen molar-refractivity contribution >= 4 is 35.0 Å². The van der Waals surface area contributed by atoms with Crippen molar-refractivity contribution in [1.29, 1.82) is 0 Å². The lowest BCUT2D eigenvalue weighted by molar-refractivity contribution is 0.632. The largest absolute Gasteiger partial charge is 0.283 e. The van der Waals surface area contributed by atoms with Crippen LogP contribution in [0.4, 0.5) is 0 Å². The van der Waals surface area contributed by atoms with Crippen molar-refractivity contribution in [2.24, 2.45) is 0 Å². The average molecular weight is 341 g/mol. The molecule has 1 aromatic carbocycles.